The first-order valence-corrected chi connectivity index (χ1v) is 9.45. The Kier molecular flexibility index (Phi) is 5.34. The molecule has 28 heavy (non-hydrogen) atoms. The van der Waals surface area contributed by atoms with Crippen LogP contribution in [0.3, 0.4) is 0 Å². The van der Waals surface area contributed by atoms with Crippen LogP contribution in [0, 0.1) is 0 Å². The van der Waals surface area contributed by atoms with E-state index in [2.05, 4.69) is 10.3 Å². The molecule has 0 aliphatic heterocycles. The first-order valence-electron chi connectivity index (χ1n) is 7.97. The average molecular weight is 409 g/mol. The SMILES string of the molecule is O=C(CNS(=O)(=O)c1cccc(C(F)(F)F)c1)Nc1cnc2ccccc2c1. The Hall–Kier alpha value is -2.98. The molecule has 0 unspecified atom stereocenters. The number of sulfonamides is 1. The van der Waals surface area contributed by atoms with E-state index in [0.717, 1.165) is 29.1 Å². The normalized spacial score (nSPS) is 12.1. The van der Waals surface area contributed by atoms with Crippen molar-refractivity contribution in [3.05, 3.63) is 66.4 Å². The molecule has 2 N–H and O–H groups in total. The van der Waals surface area contributed by atoms with Crippen molar-refractivity contribution in [2.45, 2.75) is 11.1 Å². The molecule has 1 aromatic heterocycles. The van der Waals surface area contributed by atoms with Crippen molar-refractivity contribution in [3.63, 3.8) is 0 Å². The van der Waals surface area contributed by atoms with Crippen molar-refractivity contribution >= 4 is 32.5 Å². The van der Waals surface area contributed by atoms with E-state index in [1.165, 1.54) is 6.20 Å². The minimum Gasteiger partial charge on any atom is -0.324 e. The van der Waals surface area contributed by atoms with Crippen LogP contribution >= 0.6 is 0 Å². The molecular formula is C18H14F3N3O3S. The minimum atomic E-state index is -4.67. The molecule has 0 aliphatic carbocycles. The number of carbonyl (C=O) groups excluding carboxylic acids is 1. The van der Waals surface area contributed by atoms with E-state index >= 15 is 0 Å². The molecular weight excluding hydrogens is 395 g/mol. The van der Waals surface area contributed by atoms with Crippen molar-refractivity contribution < 1.29 is 26.4 Å². The third-order valence-corrected chi connectivity index (χ3v) is 5.17. The molecule has 0 bridgehead atoms. The van der Waals surface area contributed by atoms with E-state index in [1.54, 1.807) is 24.3 Å². The molecule has 0 saturated heterocycles. The number of rotatable bonds is 5. The number of alkyl halides is 3. The second-order valence-electron chi connectivity index (χ2n) is 5.82. The molecule has 1 heterocycles. The Morgan fingerprint density at radius 2 is 1.79 bits per heavy atom. The lowest BCUT2D eigenvalue weighted by Crippen LogP contribution is -2.33. The summed E-state index contributed by atoms with van der Waals surface area (Å²) in [4.78, 5) is 15.6. The van der Waals surface area contributed by atoms with Crippen LogP contribution in [0.2, 0.25) is 0 Å². The molecule has 0 spiro atoms. The lowest BCUT2D eigenvalue weighted by molar-refractivity contribution is -0.137. The maximum atomic E-state index is 12.7. The van der Waals surface area contributed by atoms with Crippen molar-refractivity contribution in [2.75, 3.05) is 11.9 Å². The van der Waals surface area contributed by atoms with Crippen molar-refractivity contribution in [3.8, 4) is 0 Å². The van der Waals surface area contributed by atoms with E-state index in [0.29, 0.717) is 11.8 Å². The summed E-state index contributed by atoms with van der Waals surface area (Å²) in [5.41, 5.74) is -0.00483. The summed E-state index contributed by atoms with van der Waals surface area (Å²) in [7, 11) is -4.29. The number of hydrogen-bond donors (Lipinski definition) is 2. The van der Waals surface area contributed by atoms with Gasteiger partial charge in [-0.1, -0.05) is 24.3 Å². The largest absolute Gasteiger partial charge is 0.416 e. The first kappa shape index (κ1) is 19.8. The number of halogens is 3. The van der Waals surface area contributed by atoms with Crippen LogP contribution in [0.25, 0.3) is 10.9 Å². The Labute approximate surface area is 158 Å². The van der Waals surface area contributed by atoms with Gasteiger partial charge in [-0.05, 0) is 30.3 Å². The van der Waals surface area contributed by atoms with Gasteiger partial charge in [0, 0.05) is 5.39 Å². The van der Waals surface area contributed by atoms with Crippen molar-refractivity contribution in [2.24, 2.45) is 0 Å². The van der Waals surface area contributed by atoms with Gasteiger partial charge in [-0.25, -0.2) is 13.1 Å². The van der Waals surface area contributed by atoms with Crippen LogP contribution in [0.4, 0.5) is 18.9 Å². The zero-order valence-corrected chi connectivity index (χ0v) is 15.0. The molecule has 0 saturated carbocycles. The van der Waals surface area contributed by atoms with Gasteiger partial charge in [0.2, 0.25) is 15.9 Å². The lowest BCUT2D eigenvalue weighted by Gasteiger charge is -2.11. The number of anilines is 1. The predicted molar refractivity (Wildman–Crippen MR) is 97.0 cm³/mol. The molecule has 0 atom stereocenters. The standard InChI is InChI=1S/C18H14F3N3O3S/c19-18(20,21)13-5-3-6-15(9-13)28(26,27)23-11-17(25)24-14-8-12-4-1-2-7-16(12)22-10-14/h1-10,23H,11H2,(H,24,25). The average Bonchev–Trinajstić information content (AvgIpc) is 2.66. The number of fused-ring (bicyclic) bond motifs is 1. The van der Waals surface area contributed by atoms with Crippen molar-refractivity contribution in [1.29, 1.82) is 0 Å². The summed E-state index contributed by atoms with van der Waals surface area (Å²) >= 11 is 0. The third-order valence-electron chi connectivity index (χ3n) is 3.77. The maximum Gasteiger partial charge on any atom is 0.416 e. The number of hydrogen-bond acceptors (Lipinski definition) is 4. The van der Waals surface area contributed by atoms with Crippen LogP contribution in [0.5, 0.6) is 0 Å². The van der Waals surface area contributed by atoms with Gasteiger partial charge in [0.25, 0.3) is 0 Å². The van der Waals surface area contributed by atoms with Gasteiger partial charge in [-0.15, -0.1) is 0 Å². The highest BCUT2D eigenvalue weighted by molar-refractivity contribution is 7.89. The highest BCUT2D eigenvalue weighted by Gasteiger charge is 2.31. The number of amides is 1. The zero-order chi connectivity index (χ0) is 20.4. The number of nitrogens with zero attached hydrogens (tertiary/aromatic N) is 1. The lowest BCUT2D eigenvalue weighted by atomic mass is 10.2. The second-order valence-corrected chi connectivity index (χ2v) is 7.58. The molecule has 0 aliphatic rings. The summed E-state index contributed by atoms with van der Waals surface area (Å²) in [6, 6.07) is 12.2. The van der Waals surface area contributed by atoms with Crippen LogP contribution in [0.15, 0.2) is 65.7 Å². The molecule has 2 aromatic carbocycles. The topological polar surface area (TPSA) is 88.2 Å². The Morgan fingerprint density at radius 1 is 1.04 bits per heavy atom. The Balaban J connectivity index is 1.67. The Morgan fingerprint density at radius 3 is 2.54 bits per heavy atom. The van der Waals surface area contributed by atoms with Gasteiger partial charge in [0.15, 0.2) is 0 Å². The number of aromatic nitrogens is 1. The Bertz CT molecular complexity index is 1130. The van der Waals surface area contributed by atoms with Gasteiger partial charge in [0.05, 0.1) is 34.4 Å². The van der Waals surface area contributed by atoms with Gasteiger partial charge in [-0.3, -0.25) is 9.78 Å². The van der Waals surface area contributed by atoms with Gasteiger partial charge >= 0.3 is 6.18 Å². The van der Waals surface area contributed by atoms with Gasteiger partial charge < -0.3 is 5.32 Å². The number of pyridine rings is 1. The first-order chi connectivity index (χ1) is 13.1. The fourth-order valence-corrected chi connectivity index (χ4v) is 3.46. The number of nitrogens with one attached hydrogen (secondary N) is 2. The molecule has 10 heteroatoms. The smallest absolute Gasteiger partial charge is 0.324 e. The molecule has 3 rings (SSSR count). The molecule has 3 aromatic rings. The fraction of sp³-hybridized carbons (Fsp3) is 0.111. The van der Waals surface area contributed by atoms with Crippen LogP contribution < -0.4 is 10.0 Å². The monoisotopic (exact) mass is 409 g/mol. The quantitative estimate of drug-likeness (QED) is 0.678. The zero-order valence-electron chi connectivity index (χ0n) is 14.2. The van der Waals surface area contributed by atoms with E-state index in [-0.39, 0.29) is 0 Å². The predicted octanol–water partition coefficient (Wildman–Crippen LogP) is 3.17. The number of para-hydroxylation sites is 1. The van der Waals surface area contributed by atoms with E-state index < -0.39 is 39.1 Å². The number of carbonyl (C=O) groups is 1. The molecule has 6 nitrogen and oxygen atoms in total. The van der Waals surface area contributed by atoms with E-state index in [4.69, 9.17) is 0 Å². The van der Waals surface area contributed by atoms with Gasteiger partial charge in [-0.2, -0.15) is 13.2 Å². The van der Waals surface area contributed by atoms with Crippen LogP contribution in [-0.4, -0.2) is 25.9 Å². The second kappa shape index (κ2) is 7.56. The summed E-state index contributed by atoms with van der Waals surface area (Å²) in [5, 5.41) is 3.27. The van der Waals surface area contributed by atoms with Gasteiger partial charge in [0.1, 0.15) is 0 Å². The maximum absolute atomic E-state index is 12.7. The summed E-state index contributed by atoms with van der Waals surface area (Å²) < 4.78 is 64.5. The molecule has 0 fully saturated rings. The van der Waals surface area contributed by atoms with Crippen molar-refractivity contribution in [1.82, 2.24) is 9.71 Å². The van der Waals surface area contributed by atoms with Crippen LogP contribution in [0.1, 0.15) is 5.56 Å². The van der Waals surface area contributed by atoms with E-state index in [9.17, 15) is 26.4 Å². The molecule has 0 radical (unpaired) electrons. The van der Waals surface area contributed by atoms with E-state index in [1.807, 2.05) is 10.8 Å². The highest BCUT2D eigenvalue weighted by atomic mass is 32.2. The molecule has 1 amide bonds. The number of benzene rings is 2. The van der Waals surface area contributed by atoms with Crippen LogP contribution in [-0.2, 0) is 21.0 Å². The summed E-state index contributed by atoms with van der Waals surface area (Å²) in [6.45, 7) is -0.647. The fourth-order valence-electron chi connectivity index (χ4n) is 2.43. The summed E-state index contributed by atoms with van der Waals surface area (Å²) in [5.74, 6) is -0.687. The minimum absolute atomic E-state index is 0.363. The highest BCUT2D eigenvalue weighted by Crippen LogP contribution is 2.30. The summed E-state index contributed by atoms with van der Waals surface area (Å²) in [6.07, 6.45) is -3.26. The third kappa shape index (κ3) is 4.65. The molecule has 146 valence electrons.